The van der Waals surface area contributed by atoms with Crippen LogP contribution >= 0.6 is 0 Å². The summed E-state index contributed by atoms with van der Waals surface area (Å²) >= 11 is 0. The van der Waals surface area contributed by atoms with Crippen LogP contribution in [-0.2, 0) is 9.47 Å². The Kier molecular flexibility index (Phi) is 6.19. The molecule has 0 fully saturated rings. The van der Waals surface area contributed by atoms with E-state index in [9.17, 15) is 4.79 Å². The smallest absolute Gasteiger partial charge is 0.191 e. The molecule has 0 aliphatic rings. The van der Waals surface area contributed by atoms with Gasteiger partial charge in [-0.2, -0.15) is 0 Å². The molecule has 0 aromatic heterocycles. The van der Waals surface area contributed by atoms with E-state index >= 15 is 0 Å². The van der Waals surface area contributed by atoms with Crippen LogP contribution in [0.25, 0.3) is 0 Å². The second-order valence-electron chi connectivity index (χ2n) is 4.93. The van der Waals surface area contributed by atoms with Crippen LogP contribution in [0.2, 0.25) is 0 Å². The maximum atomic E-state index is 12.4. The number of ketones is 1. The summed E-state index contributed by atoms with van der Waals surface area (Å²) in [5, 5.41) is 0. The standard InChI is InChI=1S/C16H24O3/c1-6-18-10-13(4)19-14(5)16(17)15-9-11(2)7-8-12(15)3/h7-9,13-14H,6,10H2,1-5H3. The fraction of sp³-hybridized carbons (Fsp3) is 0.562. The number of Topliss-reactive ketones (excluding diaryl/α,β-unsaturated/α-hetero) is 1. The molecule has 0 radical (unpaired) electrons. The maximum Gasteiger partial charge on any atom is 0.191 e. The molecule has 0 saturated heterocycles. The molecular weight excluding hydrogens is 240 g/mol. The van der Waals surface area contributed by atoms with Gasteiger partial charge < -0.3 is 9.47 Å². The normalized spacial score (nSPS) is 14.2. The zero-order valence-electron chi connectivity index (χ0n) is 12.5. The van der Waals surface area contributed by atoms with Crippen LogP contribution in [0.3, 0.4) is 0 Å². The van der Waals surface area contributed by atoms with Gasteiger partial charge in [0.1, 0.15) is 6.10 Å². The molecule has 0 bridgehead atoms. The van der Waals surface area contributed by atoms with E-state index in [0.717, 1.165) is 16.7 Å². The molecule has 19 heavy (non-hydrogen) atoms. The first-order valence-electron chi connectivity index (χ1n) is 6.80. The van der Waals surface area contributed by atoms with Gasteiger partial charge in [0.05, 0.1) is 12.7 Å². The number of hydrogen-bond donors (Lipinski definition) is 0. The van der Waals surface area contributed by atoms with Crippen molar-refractivity contribution < 1.29 is 14.3 Å². The van der Waals surface area contributed by atoms with E-state index in [0.29, 0.717) is 13.2 Å². The molecule has 3 nitrogen and oxygen atoms in total. The van der Waals surface area contributed by atoms with Crippen LogP contribution in [0.15, 0.2) is 18.2 Å². The molecule has 0 aliphatic heterocycles. The summed E-state index contributed by atoms with van der Waals surface area (Å²) in [7, 11) is 0. The molecule has 1 aromatic carbocycles. The lowest BCUT2D eigenvalue weighted by atomic mass is 9.99. The largest absolute Gasteiger partial charge is 0.379 e. The zero-order chi connectivity index (χ0) is 14.4. The van der Waals surface area contributed by atoms with Crippen LogP contribution in [-0.4, -0.2) is 31.2 Å². The average molecular weight is 264 g/mol. The topological polar surface area (TPSA) is 35.5 Å². The minimum Gasteiger partial charge on any atom is -0.379 e. The lowest BCUT2D eigenvalue weighted by Crippen LogP contribution is -2.28. The zero-order valence-corrected chi connectivity index (χ0v) is 12.5. The van der Waals surface area contributed by atoms with Gasteiger partial charge >= 0.3 is 0 Å². The number of rotatable bonds is 7. The third-order valence-corrected chi connectivity index (χ3v) is 3.02. The van der Waals surface area contributed by atoms with Gasteiger partial charge in [-0.15, -0.1) is 0 Å². The van der Waals surface area contributed by atoms with Crippen molar-refractivity contribution in [3.63, 3.8) is 0 Å². The lowest BCUT2D eigenvalue weighted by Gasteiger charge is -2.19. The van der Waals surface area contributed by atoms with Crippen molar-refractivity contribution in [2.75, 3.05) is 13.2 Å². The Balaban J connectivity index is 2.68. The number of ether oxygens (including phenoxy) is 2. The van der Waals surface area contributed by atoms with E-state index in [1.807, 2.05) is 45.9 Å². The Morgan fingerprint density at radius 1 is 1.26 bits per heavy atom. The van der Waals surface area contributed by atoms with Crippen molar-refractivity contribution in [3.05, 3.63) is 34.9 Å². The van der Waals surface area contributed by atoms with Crippen LogP contribution < -0.4 is 0 Å². The van der Waals surface area contributed by atoms with E-state index in [-0.39, 0.29) is 11.9 Å². The van der Waals surface area contributed by atoms with Gasteiger partial charge in [0.2, 0.25) is 0 Å². The van der Waals surface area contributed by atoms with E-state index in [1.165, 1.54) is 0 Å². The van der Waals surface area contributed by atoms with E-state index < -0.39 is 6.10 Å². The number of carbonyl (C=O) groups is 1. The van der Waals surface area contributed by atoms with Gasteiger partial charge in [0.15, 0.2) is 5.78 Å². The molecule has 0 aliphatic carbocycles. The van der Waals surface area contributed by atoms with E-state index in [2.05, 4.69) is 0 Å². The highest BCUT2D eigenvalue weighted by molar-refractivity contribution is 6.00. The minimum absolute atomic E-state index is 0.0320. The van der Waals surface area contributed by atoms with Gasteiger partial charge in [-0.05, 0) is 46.2 Å². The predicted octanol–water partition coefficient (Wildman–Crippen LogP) is 3.32. The number of benzene rings is 1. The Hall–Kier alpha value is -1.19. The van der Waals surface area contributed by atoms with Gasteiger partial charge in [0, 0.05) is 12.2 Å². The summed E-state index contributed by atoms with van der Waals surface area (Å²) in [6.07, 6.45) is -0.528. The monoisotopic (exact) mass is 264 g/mol. The SMILES string of the molecule is CCOCC(C)OC(C)C(=O)c1cc(C)ccc1C. The molecule has 2 atom stereocenters. The fourth-order valence-corrected chi connectivity index (χ4v) is 1.95. The van der Waals surface area contributed by atoms with Gasteiger partial charge in [-0.1, -0.05) is 17.7 Å². The summed E-state index contributed by atoms with van der Waals surface area (Å²) in [5.41, 5.74) is 2.82. The lowest BCUT2D eigenvalue weighted by molar-refractivity contribution is -0.0297. The van der Waals surface area contributed by atoms with Gasteiger partial charge in [-0.25, -0.2) is 0 Å². The molecule has 106 valence electrons. The highest BCUT2D eigenvalue weighted by Crippen LogP contribution is 2.15. The highest BCUT2D eigenvalue weighted by Gasteiger charge is 2.20. The van der Waals surface area contributed by atoms with E-state index in [1.54, 1.807) is 6.92 Å². The minimum atomic E-state index is -0.448. The first-order valence-corrected chi connectivity index (χ1v) is 6.80. The third-order valence-electron chi connectivity index (χ3n) is 3.02. The summed E-state index contributed by atoms with van der Waals surface area (Å²) in [6.45, 7) is 10.8. The molecule has 0 saturated carbocycles. The van der Waals surface area contributed by atoms with Crippen molar-refractivity contribution in [1.82, 2.24) is 0 Å². The second-order valence-corrected chi connectivity index (χ2v) is 4.93. The number of aryl methyl sites for hydroxylation is 2. The molecule has 0 amide bonds. The molecular formula is C16H24O3. The number of carbonyl (C=O) groups excluding carboxylic acids is 1. The molecule has 1 aromatic rings. The van der Waals surface area contributed by atoms with Crippen LogP contribution in [0.1, 0.15) is 42.3 Å². The summed E-state index contributed by atoms with van der Waals surface area (Å²) < 4.78 is 11.0. The van der Waals surface area contributed by atoms with Gasteiger partial charge in [-0.3, -0.25) is 4.79 Å². The second kappa shape index (κ2) is 7.41. The Bertz CT molecular complexity index is 426. The molecule has 1 rings (SSSR count). The number of hydrogen-bond acceptors (Lipinski definition) is 3. The van der Waals surface area contributed by atoms with Crippen molar-refractivity contribution in [2.45, 2.75) is 46.8 Å². The molecule has 2 unspecified atom stereocenters. The average Bonchev–Trinajstić information content (AvgIpc) is 2.38. The summed E-state index contributed by atoms with van der Waals surface area (Å²) in [4.78, 5) is 12.4. The van der Waals surface area contributed by atoms with Crippen molar-refractivity contribution >= 4 is 5.78 Å². The highest BCUT2D eigenvalue weighted by atomic mass is 16.5. The first kappa shape index (κ1) is 15.9. The molecule has 0 spiro atoms. The van der Waals surface area contributed by atoms with Crippen LogP contribution in [0, 0.1) is 13.8 Å². The maximum absolute atomic E-state index is 12.4. The quantitative estimate of drug-likeness (QED) is 0.709. The van der Waals surface area contributed by atoms with Crippen molar-refractivity contribution in [3.8, 4) is 0 Å². The predicted molar refractivity (Wildman–Crippen MR) is 76.7 cm³/mol. The first-order chi connectivity index (χ1) is 8.95. The van der Waals surface area contributed by atoms with Crippen LogP contribution in [0.5, 0.6) is 0 Å². The molecule has 0 heterocycles. The van der Waals surface area contributed by atoms with Crippen LogP contribution in [0.4, 0.5) is 0 Å². The Morgan fingerprint density at radius 2 is 1.95 bits per heavy atom. The Labute approximate surface area is 115 Å². The summed E-state index contributed by atoms with van der Waals surface area (Å²) in [5.74, 6) is 0.0320. The van der Waals surface area contributed by atoms with Crippen molar-refractivity contribution in [2.24, 2.45) is 0 Å². The van der Waals surface area contributed by atoms with Crippen molar-refractivity contribution in [1.29, 1.82) is 0 Å². The van der Waals surface area contributed by atoms with Gasteiger partial charge in [0.25, 0.3) is 0 Å². The molecule has 0 N–H and O–H groups in total. The fourth-order valence-electron chi connectivity index (χ4n) is 1.95. The molecule has 3 heteroatoms. The third kappa shape index (κ3) is 4.77. The van der Waals surface area contributed by atoms with E-state index in [4.69, 9.17) is 9.47 Å². The summed E-state index contributed by atoms with van der Waals surface area (Å²) in [6, 6.07) is 5.90. The Morgan fingerprint density at radius 3 is 2.58 bits per heavy atom.